The molecule has 6 heteroatoms. The van der Waals surface area contributed by atoms with E-state index < -0.39 is 11.7 Å². The van der Waals surface area contributed by atoms with Crippen molar-refractivity contribution in [2.75, 3.05) is 0 Å². The number of aromatic nitrogens is 2. The maximum atomic E-state index is 11.5. The number of nitrogens with zero attached hydrogens (tertiary/aromatic N) is 2. The predicted molar refractivity (Wildman–Crippen MR) is 59.9 cm³/mol. The van der Waals surface area contributed by atoms with Crippen LogP contribution in [0.2, 0.25) is 0 Å². The zero-order chi connectivity index (χ0) is 12.4. The number of aromatic hydroxyl groups is 1. The molecule has 6 nitrogen and oxygen atoms in total. The van der Waals surface area contributed by atoms with E-state index in [1.54, 1.807) is 6.07 Å². The van der Waals surface area contributed by atoms with Crippen LogP contribution in [0.25, 0.3) is 10.9 Å². The molecule has 0 aliphatic heterocycles. The van der Waals surface area contributed by atoms with Gasteiger partial charge in [-0.15, -0.1) is 0 Å². The fraction of sp³-hybridized carbons (Fsp3) is 0.182. The minimum atomic E-state index is -0.979. The van der Waals surface area contributed by atoms with Gasteiger partial charge in [0.15, 0.2) is 0 Å². The summed E-state index contributed by atoms with van der Waals surface area (Å²) in [6, 6.07) is 4.48. The summed E-state index contributed by atoms with van der Waals surface area (Å²) >= 11 is 0. The van der Waals surface area contributed by atoms with Gasteiger partial charge in [0.2, 0.25) is 0 Å². The SMILES string of the molecule is O=C(O)CCn1c(=O)ncc2cc(O)ccc21. The van der Waals surface area contributed by atoms with Crippen LogP contribution in [0.15, 0.2) is 29.2 Å². The predicted octanol–water partition coefficient (Wildman–Crippen LogP) is 0.577. The van der Waals surface area contributed by atoms with Crippen molar-refractivity contribution < 1.29 is 15.0 Å². The lowest BCUT2D eigenvalue weighted by atomic mass is 10.2. The summed E-state index contributed by atoms with van der Waals surface area (Å²) in [5.74, 6) is -0.907. The Bertz CT molecular complexity index is 633. The highest BCUT2D eigenvalue weighted by Gasteiger charge is 2.06. The minimum Gasteiger partial charge on any atom is -0.508 e. The fourth-order valence-electron chi connectivity index (χ4n) is 1.61. The van der Waals surface area contributed by atoms with Crippen molar-refractivity contribution in [3.8, 4) is 5.75 Å². The molecular weight excluding hydrogens is 224 g/mol. The zero-order valence-corrected chi connectivity index (χ0v) is 8.83. The largest absolute Gasteiger partial charge is 0.508 e. The number of carboxylic acids is 1. The average Bonchev–Trinajstić information content (AvgIpc) is 2.27. The highest BCUT2D eigenvalue weighted by atomic mass is 16.4. The summed E-state index contributed by atoms with van der Waals surface area (Å²) in [5.41, 5.74) is 0.0634. The number of carbonyl (C=O) groups is 1. The third-order valence-electron chi connectivity index (χ3n) is 2.40. The third-order valence-corrected chi connectivity index (χ3v) is 2.40. The van der Waals surface area contributed by atoms with Gasteiger partial charge in [-0.3, -0.25) is 9.36 Å². The van der Waals surface area contributed by atoms with Gasteiger partial charge in [-0.2, -0.15) is 0 Å². The number of rotatable bonds is 3. The van der Waals surface area contributed by atoms with Crippen molar-refractivity contribution in [3.05, 3.63) is 34.9 Å². The summed E-state index contributed by atoms with van der Waals surface area (Å²) in [4.78, 5) is 25.7. The first kappa shape index (κ1) is 11.1. The topological polar surface area (TPSA) is 92.4 Å². The Balaban J connectivity index is 2.55. The first-order chi connectivity index (χ1) is 8.08. The molecule has 0 aliphatic rings. The molecule has 2 rings (SSSR count). The number of aryl methyl sites for hydroxylation is 1. The van der Waals surface area contributed by atoms with E-state index in [1.807, 2.05) is 0 Å². The molecule has 1 aromatic heterocycles. The first-order valence-corrected chi connectivity index (χ1v) is 4.98. The van der Waals surface area contributed by atoms with E-state index in [0.29, 0.717) is 10.9 Å². The van der Waals surface area contributed by atoms with Crippen molar-refractivity contribution >= 4 is 16.9 Å². The zero-order valence-electron chi connectivity index (χ0n) is 8.83. The molecule has 17 heavy (non-hydrogen) atoms. The molecule has 0 saturated carbocycles. The van der Waals surface area contributed by atoms with Crippen LogP contribution < -0.4 is 5.69 Å². The Morgan fingerprint density at radius 2 is 2.18 bits per heavy atom. The van der Waals surface area contributed by atoms with Crippen molar-refractivity contribution in [1.82, 2.24) is 9.55 Å². The number of aliphatic carboxylic acids is 1. The molecule has 0 atom stereocenters. The summed E-state index contributed by atoms with van der Waals surface area (Å²) in [5, 5.41) is 18.5. The van der Waals surface area contributed by atoms with Gasteiger partial charge in [-0.1, -0.05) is 0 Å². The highest BCUT2D eigenvalue weighted by Crippen LogP contribution is 2.17. The number of carboxylic acid groups (broad SMARTS) is 1. The molecule has 0 spiro atoms. The Labute approximate surface area is 95.8 Å². The van der Waals surface area contributed by atoms with Crippen LogP contribution in [0.5, 0.6) is 5.75 Å². The Kier molecular flexibility index (Phi) is 2.78. The second-order valence-electron chi connectivity index (χ2n) is 3.58. The Morgan fingerprint density at radius 1 is 1.41 bits per heavy atom. The standard InChI is InChI=1S/C11H10N2O4/c14-8-1-2-9-7(5-8)6-12-11(17)13(9)4-3-10(15)16/h1-2,5-6,14H,3-4H2,(H,15,16). The number of phenols is 1. The van der Waals surface area contributed by atoms with Gasteiger partial charge >= 0.3 is 11.7 Å². The summed E-state index contributed by atoms with van der Waals surface area (Å²) in [6.07, 6.45) is 1.20. The van der Waals surface area contributed by atoms with Crippen molar-refractivity contribution in [2.24, 2.45) is 0 Å². The molecule has 88 valence electrons. The number of phenolic OH excluding ortho intramolecular Hbond substituents is 1. The lowest BCUT2D eigenvalue weighted by Gasteiger charge is -2.07. The van der Waals surface area contributed by atoms with E-state index in [1.165, 1.54) is 22.9 Å². The quantitative estimate of drug-likeness (QED) is 0.810. The van der Waals surface area contributed by atoms with Gasteiger partial charge in [-0.25, -0.2) is 9.78 Å². The summed E-state index contributed by atoms with van der Waals surface area (Å²) in [6.45, 7) is 0.0588. The maximum Gasteiger partial charge on any atom is 0.348 e. The lowest BCUT2D eigenvalue weighted by Crippen LogP contribution is -2.24. The van der Waals surface area contributed by atoms with Crippen LogP contribution >= 0.6 is 0 Å². The second-order valence-corrected chi connectivity index (χ2v) is 3.58. The highest BCUT2D eigenvalue weighted by molar-refractivity contribution is 5.79. The van der Waals surface area contributed by atoms with Crippen LogP contribution in [0.1, 0.15) is 6.42 Å². The van der Waals surface area contributed by atoms with Crippen molar-refractivity contribution in [1.29, 1.82) is 0 Å². The lowest BCUT2D eigenvalue weighted by molar-refractivity contribution is -0.137. The first-order valence-electron chi connectivity index (χ1n) is 4.98. The molecule has 1 heterocycles. The normalized spacial score (nSPS) is 10.6. The molecule has 0 fully saturated rings. The van der Waals surface area contributed by atoms with Crippen molar-refractivity contribution in [3.63, 3.8) is 0 Å². The molecule has 0 saturated heterocycles. The Morgan fingerprint density at radius 3 is 2.88 bits per heavy atom. The average molecular weight is 234 g/mol. The molecule has 1 aromatic carbocycles. The summed E-state index contributed by atoms with van der Waals surface area (Å²) in [7, 11) is 0. The summed E-state index contributed by atoms with van der Waals surface area (Å²) < 4.78 is 1.28. The number of hydrogen-bond donors (Lipinski definition) is 2. The van der Waals surface area contributed by atoms with Crippen LogP contribution in [0.3, 0.4) is 0 Å². The van der Waals surface area contributed by atoms with Gasteiger partial charge in [0.05, 0.1) is 11.9 Å². The van der Waals surface area contributed by atoms with Crippen LogP contribution in [-0.2, 0) is 11.3 Å². The van der Waals surface area contributed by atoms with Crippen LogP contribution in [-0.4, -0.2) is 25.7 Å². The van der Waals surface area contributed by atoms with E-state index in [9.17, 15) is 14.7 Å². The van der Waals surface area contributed by atoms with Gasteiger partial charge in [-0.05, 0) is 18.2 Å². The number of benzene rings is 1. The molecule has 0 bridgehead atoms. The van der Waals surface area contributed by atoms with E-state index >= 15 is 0 Å². The Hall–Kier alpha value is -2.37. The molecule has 2 N–H and O–H groups in total. The van der Waals surface area contributed by atoms with E-state index in [-0.39, 0.29) is 18.7 Å². The minimum absolute atomic E-state index is 0.0588. The monoisotopic (exact) mass is 234 g/mol. The van der Waals surface area contributed by atoms with Gasteiger partial charge in [0.1, 0.15) is 5.75 Å². The molecule has 0 unspecified atom stereocenters. The molecule has 0 radical (unpaired) electrons. The van der Waals surface area contributed by atoms with E-state index in [2.05, 4.69) is 4.98 Å². The van der Waals surface area contributed by atoms with E-state index in [4.69, 9.17) is 5.11 Å². The number of hydrogen-bond acceptors (Lipinski definition) is 4. The maximum absolute atomic E-state index is 11.5. The molecule has 0 amide bonds. The molecule has 2 aromatic rings. The van der Waals surface area contributed by atoms with Crippen LogP contribution in [0.4, 0.5) is 0 Å². The number of fused-ring (bicyclic) bond motifs is 1. The molecular formula is C11H10N2O4. The van der Waals surface area contributed by atoms with Crippen molar-refractivity contribution in [2.45, 2.75) is 13.0 Å². The van der Waals surface area contributed by atoms with Gasteiger partial charge in [0.25, 0.3) is 0 Å². The van der Waals surface area contributed by atoms with Gasteiger partial charge in [0, 0.05) is 18.1 Å². The fourth-order valence-corrected chi connectivity index (χ4v) is 1.61. The van der Waals surface area contributed by atoms with Crippen LogP contribution in [0, 0.1) is 0 Å². The van der Waals surface area contributed by atoms with Gasteiger partial charge < -0.3 is 10.2 Å². The molecule has 0 aliphatic carbocycles. The third kappa shape index (κ3) is 2.25. The van der Waals surface area contributed by atoms with E-state index in [0.717, 1.165) is 0 Å². The second kappa shape index (κ2) is 4.25. The smallest absolute Gasteiger partial charge is 0.348 e.